The molecule has 1 fully saturated rings. The molecular formula is C24H21N5O3S2. The number of nitro groups is 1. The fraction of sp³-hybridized carbons (Fsp3) is 0.208. The molecule has 2 aromatic heterocycles. The lowest BCUT2D eigenvalue weighted by atomic mass is 10.2. The van der Waals surface area contributed by atoms with Crippen molar-refractivity contribution in [1.29, 1.82) is 0 Å². The van der Waals surface area contributed by atoms with Gasteiger partial charge in [-0.1, -0.05) is 54.2 Å². The van der Waals surface area contributed by atoms with Gasteiger partial charge in [-0.15, -0.1) is 11.3 Å². The number of benzene rings is 2. The molecule has 1 amide bonds. The van der Waals surface area contributed by atoms with E-state index in [1.807, 2.05) is 28.0 Å². The number of nitrogens with zero attached hydrogens (tertiary/aromatic N) is 5. The van der Waals surface area contributed by atoms with Crippen LogP contribution in [0.3, 0.4) is 0 Å². The SMILES string of the molecule is O=C(CSc1ncnc2sc(-c3ccccc3)cc12)N1CCN(c2ccccc2[N+](=O)[O-])CC1. The highest BCUT2D eigenvalue weighted by Gasteiger charge is 2.25. The summed E-state index contributed by atoms with van der Waals surface area (Å²) in [7, 11) is 0. The fourth-order valence-electron chi connectivity index (χ4n) is 4.00. The van der Waals surface area contributed by atoms with Gasteiger partial charge in [0.2, 0.25) is 5.91 Å². The van der Waals surface area contributed by atoms with E-state index in [-0.39, 0.29) is 22.3 Å². The summed E-state index contributed by atoms with van der Waals surface area (Å²) in [4.78, 5) is 38.5. The van der Waals surface area contributed by atoms with Crippen LogP contribution in [-0.2, 0) is 4.79 Å². The zero-order valence-corrected chi connectivity index (χ0v) is 19.8. The van der Waals surface area contributed by atoms with Crippen molar-refractivity contribution in [3.8, 4) is 10.4 Å². The fourth-order valence-corrected chi connectivity index (χ4v) is 5.94. The first-order valence-electron chi connectivity index (χ1n) is 10.8. The number of fused-ring (bicyclic) bond motifs is 1. The Morgan fingerprint density at radius 1 is 1.03 bits per heavy atom. The molecular weight excluding hydrogens is 470 g/mol. The maximum atomic E-state index is 12.9. The van der Waals surface area contributed by atoms with Crippen molar-refractivity contribution in [2.24, 2.45) is 0 Å². The molecule has 1 aliphatic rings. The van der Waals surface area contributed by atoms with Crippen molar-refractivity contribution in [2.45, 2.75) is 5.03 Å². The molecule has 0 atom stereocenters. The van der Waals surface area contributed by atoms with Gasteiger partial charge in [-0.05, 0) is 17.7 Å². The Labute approximate surface area is 204 Å². The first-order chi connectivity index (χ1) is 16.6. The summed E-state index contributed by atoms with van der Waals surface area (Å²) in [5.41, 5.74) is 1.83. The summed E-state index contributed by atoms with van der Waals surface area (Å²) in [5, 5.41) is 13.1. The molecule has 5 rings (SSSR count). The highest BCUT2D eigenvalue weighted by molar-refractivity contribution is 8.00. The van der Waals surface area contributed by atoms with Crippen molar-refractivity contribution in [3.05, 3.63) is 77.1 Å². The van der Waals surface area contributed by atoms with Gasteiger partial charge in [-0.3, -0.25) is 14.9 Å². The molecule has 8 nitrogen and oxygen atoms in total. The third-order valence-electron chi connectivity index (χ3n) is 5.74. The number of para-hydroxylation sites is 2. The lowest BCUT2D eigenvalue weighted by molar-refractivity contribution is -0.384. The molecule has 0 spiro atoms. The Morgan fingerprint density at radius 3 is 2.53 bits per heavy atom. The minimum absolute atomic E-state index is 0.0393. The Balaban J connectivity index is 1.23. The number of amides is 1. The lowest BCUT2D eigenvalue weighted by Gasteiger charge is -2.35. The summed E-state index contributed by atoms with van der Waals surface area (Å²) in [6, 6.07) is 19.0. The molecule has 3 heterocycles. The van der Waals surface area contributed by atoms with Gasteiger partial charge >= 0.3 is 0 Å². The quantitative estimate of drug-likeness (QED) is 0.167. The third kappa shape index (κ3) is 4.59. The number of carbonyl (C=O) groups is 1. The highest BCUT2D eigenvalue weighted by atomic mass is 32.2. The second kappa shape index (κ2) is 9.78. The standard InChI is InChI=1S/C24H21N5O3S2/c30-22(28-12-10-27(11-13-28)19-8-4-5-9-20(19)29(31)32)15-33-23-18-14-21(17-6-2-1-3-7-17)34-24(18)26-16-25-23/h1-9,14,16H,10-13,15H2. The molecule has 2 aromatic carbocycles. The molecule has 0 saturated carbocycles. The van der Waals surface area contributed by atoms with Crippen molar-refractivity contribution in [3.63, 3.8) is 0 Å². The average Bonchev–Trinajstić information content (AvgIpc) is 3.33. The number of hydrogen-bond acceptors (Lipinski definition) is 8. The number of thioether (sulfide) groups is 1. The number of anilines is 1. The second-order valence-corrected chi connectivity index (χ2v) is 9.77. The average molecular weight is 492 g/mol. The minimum Gasteiger partial charge on any atom is -0.362 e. The van der Waals surface area contributed by atoms with Crippen molar-refractivity contribution >= 4 is 50.6 Å². The van der Waals surface area contributed by atoms with Gasteiger partial charge < -0.3 is 9.80 Å². The first kappa shape index (κ1) is 22.3. The van der Waals surface area contributed by atoms with Gasteiger partial charge in [0.25, 0.3) is 5.69 Å². The zero-order chi connectivity index (χ0) is 23.5. The van der Waals surface area contributed by atoms with Crippen LogP contribution in [0.2, 0.25) is 0 Å². The number of rotatable bonds is 6. The Morgan fingerprint density at radius 2 is 1.76 bits per heavy atom. The van der Waals surface area contributed by atoms with Crippen LogP contribution in [0.25, 0.3) is 20.7 Å². The topological polar surface area (TPSA) is 92.5 Å². The molecule has 0 radical (unpaired) electrons. The summed E-state index contributed by atoms with van der Waals surface area (Å²) in [5.74, 6) is 0.325. The Kier molecular flexibility index (Phi) is 6.41. The van der Waals surface area contributed by atoms with E-state index < -0.39 is 0 Å². The molecule has 0 bridgehead atoms. The van der Waals surface area contributed by atoms with E-state index in [0.29, 0.717) is 31.9 Å². The summed E-state index contributed by atoms with van der Waals surface area (Å²) < 4.78 is 0. The normalized spacial score (nSPS) is 13.9. The molecule has 34 heavy (non-hydrogen) atoms. The van der Waals surface area contributed by atoms with Crippen LogP contribution in [0.1, 0.15) is 0 Å². The van der Waals surface area contributed by atoms with Gasteiger partial charge in [0.1, 0.15) is 21.9 Å². The van der Waals surface area contributed by atoms with Crippen LogP contribution in [0.15, 0.2) is 72.0 Å². The second-order valence-electron chi connectivity index (χ2n) is 7.78. The van der Waals surface area contributed by atoms with Crippen LogP contribution in [0.5, 0.6) is 0 Å². The van der Waals surface area contributed by atoms with E-state index in [2.05, 4.69) is 28.2 Å². The van der Waals surface area contributed by atoms with Crippen molar-refractivity contribution < 1.29 is 9.72 Å². The van der Waals surface area contributed by atoms with E-state index in [9.17, 15) is 14.9 Å². The van der Waals surface area contributed by atoms with Crippen molar-refractivity contribution in [1.82, 2.24) is 14.9 Å². The van der Waals surface area contributed by atoms with Gasteiger partial charge in [0.15, 0.2) is 0 Å². The maximum Gasteiger partial charge on any atom is 0.292 e. The number of aromatic nitrogens is 2. The zero-order valence-electron chi connectivity index (χ0n) is 18.2. The van der Waals surface area contributed by atoms with Crippen molar-refractivity contribution in [2.75, 3.05) is 36.8 Å². The van der Waals surface area contributed by atoms with Crippen LogP contribution < -0.4 is 4.90 Å². The van der Waals surface area contributed by atoms with E-state index >= 15 is 0 Å². The molecule has 0 aliphatic carbocycles. The maximum absolute atomic E-state index is 12.9. The van der Waals surface area contributed by atoms with E-state index in [1.54, 1.807) is 35.9 Å². The van der Waals surface area contributed by atoms with Gasteiger partial charge in [-0.25, -0.2) is 9.97 Å². The number of piperazine rings is 1. The minimum atomic E-state index is -0.362. The largest absolute Gasteiger partial charge is 0.362 e. The van der Waals surface area contributed by atoms with Gasteiger partial charge in [0, 0.05) is 42.5 Å². The highest BCUT2D eigenvalue weighted by Crippen LogP contribution is 2.36. The Bertz CT molecular complexity index is 1340. The van der Waals surface area contributed by atoms with Crippen LogP contribution in [-0.4, -0.2) is 57.6 Å². The summed E-state index contributed by atoms with van der Waals surface area (Å²) in [6.45, 7) is 2.18. The lowest BCUT2D eigenvalue weighted by Crippen LogP contribution is -2.49. The number of hydrogen-bond donors (Lipinski definition) is 0. The summed E-state index contributed by atoms with van der Waals surface area (Å²) >= 11 is 3.04. The molecule has 0 unspecified atom stereocenters. The smallest absolute Gasteiger partial charge is 0.292 e. The molecule has 1 aliphatic heterocycles. The molecule has 10 heteroatoms. The molecule has 1 saturated heterocycles. The number of thiophene rings is 1. The van der Waals surface area contributed by atoms with Crippen LogP contribution in [0.4, 0.5) is 11.4 Å². The Hall–Kier alpha value is -3.50. The molecule has 0 N–H and O–H groups in total. The monoisotopic (exact) mass is 491 g/mol. The van der Waals surface area contributed by atoms with E-state index in [0.717, 1.165) is 25.7 Å². The number of carbonyl (C=O) groups excluding carboxylic acids is 1. The number of nitro benzene ring substituents is 1. The van der Waals surface area contributed by atoms with Gasteiger partial charge in [-0.2, -0.15) is 0 Å². The van der Waals surface area contributed by atoms with Crippen LogP contribution >= 0.6 is 23.1 Å². The summed E-state index contributed by atoms with van der Waals surface area (Å²) in [6.07, 6.45) is 1.55. The third-order valence-corrected chi connectivity index (χ3v) is 7.82. The first-order valence-corrected chi connectivity index (χ1v) is 12.6. The molecule has 4 aromatic rings. The van der Waals surface area contributed by atoms with E-state index in [4.69, 9.17) is 0 Å². The molecule has 172 valence electrons. The van der Waals surface area contributed by atoms with Gasteiger partial charge in [0.05, 0.1) is 10.7 Å². The van der Waals surface area contributed by atoms with E-state index in [1.165, 1.54) is 17.8 Å². The van der Waals surface area contributed by atoms with Crippen LogP contribution in [0, 0.1) is 10.1 Å². The predicted octanol–water partition coefficient (Wildman–Crippen LogP) is 4.71. The predicted molar refractivity (Wildman–Crippen MR) is 135 cm³/mol.